The van der Waals surface area contributed by atoms with E-state index in [-0.39, 0.29) is 0 Å². The second-order valence-corrected chi connectivity index (χ2v) is 6.03. The van der Waals surface area contributed by atoms with Gasteiger partial charge in [0.05, 0.1) is 6.54 Å². The van der Waals surface area contributed by atoms with Gasteiger partial charge in [-0.25, -0.2) is 0 Å². The first-order chi connectivity index (χ1) is 11.7. The van der Waals surface area contributed by atoms with Crippen LogP contribution in [0.1, 0.15) is 36.8 Å². The Bertz CT molecular complexity index is 760. The molecule has 0 aliphatic carbocycles. The molecule has 0 bridgehead atoms. The molecule has 1 aromatic heterocycles. The lowest BCUT2D eigenvalue weighted by Gasteiger charge is -2.05. The largest absolute Gasteiger partial charge is 0.376 e. The van der Waals surface area contributed by atoms with Crippen molar-refractivity contribution in [1.82, 2.24) is 10.1 Å². The van der Waals surface area contributed by atoms with Crippen LogP contribution in [0.3, 0.4) is 0 Å². The molecule has 0 radical (unpaired) electrons. The van der Waals surface area contributed by atoms with E-state index >= 15 is 0 Å². The third-order valence-corrected chi connectivity index (χ3v) is 3.99. The monoisotopic (exact) mass is 321 g/mol. The summed E-state index contributed by atoms with van der Waals surface area (Å²) < 4.78 is 5.32. The Hall–Kier alpha value is -2.62. The summed E-state index contributed by atoms with van der Waals surface area (Å²) in [7, 11) is 0. The van der Waals surface area contributed by atoms with Gasteiger partial charge < -0.3 is 9.84 Å². The highest BCUT2D eigenvalue weighted by Gasteiger charge is 2.08. The molecule has 1 N–H and O–H groups in total. The molecule has 0 unspecified atom stereocenters. The molecule has 0 saturated heterocycles. The molecular formula is C20H23N3O. The predicted octanol–water partition coefficient (Wildman–Crippen LogP) is 5.00. The van der Waals surface area contributed by atoms with Gasteiger partial charge in [0.15, 0.2) is 0 Å². The van der Waals surface area contributed by atoms with Crippen LogP contribution in [0.4, 0.5) is 5.69 Å². The van der Waals surface area contributed by atoms with Crippen molar-refractivity contribution in [2.24, 2.45) is 0 Å². The van der Waals surface area contributed by atoms with Gasteiger partial charge in [-0.3, -0.25) is 0 Å². The summed E-state index contributed by atoms with van der Waals surface area (Å²) in [6.45, 7) is 4.79. The molecule has 124 valence electrons. The van der Waals surface area contributed by atoms with E-state index in [1.807, 2.05) is 24.3 Å². The zero-order chi connectivity index (χ0) is 16.8. The van der Waals surface area contributed by atoms with Gasteiger partial charge in [-0.05, 0) is 37.5 Å². The molecule has 0 amide bonds. The quantitative estimate of drug-likeness (QED) is 0.665. The standard InChI is InChI=1S/C20H23N3O/c1-3-4-5-16-8-12-18(13-9-16)21-14-19-22-20(23-24-19)17-10-6-15(2)7-11-17/h6-13,21H,3-5,14H2,1-2H3. The van der Waals surface area contributed by atoms with E-state index in [0.717, 1.165) is 17.7 Å². The van der Waals surface area contributed by atoms with Gasteiger partial charge in [0, 0.05) is 11.3 Å². The fraction of sp³-hybridized carbons (Fsp3) is 0.300. The van der Waals surface area contributed by atoms with Crippen molar-refractivity contribution in [2.75, 3.05) is 5.32 Å². The van der Waals surface area contributed by atoms with Crippen molar-refractivity contribution in [1.29, 1.82) is 0 Å². The Morgan fingerprint density at radius 2 is 1.75 bits per heavy atom. The summed E-state index contributed by atoms with van der Waals surface area (Å²) in [6, 6.07) is 16.6. The normalized spacial score (nSPS) is 10.8. The first kappa shape index (κ1) is 16.2. The lowest BCUT2D eigenvalue weighted by molar-refractivity contribution is 0.384. The number of anilines is 1. The van der Waals surface area contributed by atoms with E-state index in [1.165, 1.54) is 24.0 Å². The summed E-state index contributed by atoms with van der Waals surface area (Å²) in [5, 5.41) is 7.37. The molecule has 0 fully saturated rings. The maximum atomic E-state index is 5.32. The van der Waals surface area contributed by atoms with Crippen molar-refractivity contribution >= 4 is 5.69 Å². The van der Waals surface area contributed by atoms with Crippen molar-refractivity contribution in [3.63, 3.8) is 0 Å². The topological polar surface area (TPSA) is 51.0 Å². The van der Waals surface area contributed by atoms with Crippen LogP contribution in [0.15, 0.2) is 53.1 Å². The number of benzene rings is 2. The summed E-state index contributed by atoms with van der Waals surface area (Å²) in [5.41, 5.74) is 4.62. The zero-order valence-electron chi connectivity index (χ0n) is 14.2. The van der Waals surface area contributed by atoms with E-state index in [4.69, 9.17) is 4.52 Å². The molecule has 0 spiro atoms. The number of aromatic nitrogens is 2. The van der Waals surface area contributed by atoms with Crippen molar-refractivity contribution < 1.29 is 4.52 Å². The molecule has 2 aromatic carbocycles. The Labute approximate surface area is 142 Å². The summed E-state index contributed by atoms with van der Waals surface area (Å²) >= 11 is 0. The minimum atomic E-state index is 0.521. The lowest BCUT2D eigenvalue weighted by atomic mass is 10.1. The van der Waals surface area contributed by atoms with Gasteiger partial charge in [-0.15, -0.1) is 0 Å². The number of unbranched alkanes of at least 4 members (excludes halogenated alkanes) is 1. The smallest absolute Gasteiger partial charge is 0.246 e. The zero-order valence-corrected chi connectivity index (χ0v) is 14.2. The summed E-state index contributed by atoms with van der Waals surface area (Å²) in [4.78, 5) is 4.44. The maximum absolute atomic E-state index is 5.32. The van der Waals surface area contributed by atoms with Crippen molar-refractivity contribution in [3.8, 4) is 11.4 Å². The van der Waals surface area contributed by atoms with Crippen LogP contribution < -0.4 is 5.32 Å². The van der Waals surface area contributed by atoms with Crippen LogP contribution in [0.25, 0.3) is 11.4 Å². The van der Waals surface area contributed by atoms with Crippen LogP contribution in [-0.4, -0.2) is 10.1 Å². The predicted molar refractivity (Wildman–Crippen MR) is 96.9 cm³/mol. The van der Waals surface area contributed by atoms with E-state index in [0.29, 0.717) is 18.3 Å². The highest BCUT2D eigenvalue weighted by Crippen LogP contribution is 2.17. The Balaban J connectivity index is 1.58. The van der Waals surface area contributed by atoms with E-state index in [2.05, 4.69) is 53.6 Å². The molecular weight excluding hydrogens is 298 g/mol. The molecule has 1 heterocycles. The third-order valence-electron chi connectivity index (χ3n) is 3.99. The Morgan fingerprint density at radius 1 is 1.00 bits per heavy atom. The van der Waals surface area contributed by atoms with E-state index < -0.39 is 0 Å². The minimum absolute atomic E-state index is 0.521. The molecule has 4 nitrogen and oxygen atoms in total. The highest BCUT2D eigenvalue weighted by molar-refractivity contribution is 5.54. The number of nitrogens with one attached hydrogen (secondary N) is 1. The molecule has 24 heavy (non-hydrogen) atoms. The number of rotatable bonds is 7. The molecule has 0 atom stereocenters. The van der Waals surface area contributed by atoms with Gasteiger partial charge in [-0.1, -0.05) is 60.5 Å². The Morgan fingerprint density at radius 3 is 2.46 bits per heavy atom. The fourth-order valence-electron chi connectivity index (χ4n) is 2.49. The molecule has 0 aliphatic heterocycles. The van der Waals surface area contributed by atoms with Crippen LogP contribution >= 0.6 is 0 Å². The maximum Gasteiger partial charge on any atom is 0.246 e. The second-order valence-electron chi connectivity index (χ2n) is 6.03. The molecule has 0 aliphatic rings. The van der Waals surface area contributed by atoms with Crippen LogP contribution in [0, 0.1) is 6.92 Å². The lowest BCUT2D eigenvalue weighted by Crippen LogP contribution is -1.99. The SMILES string of the molecule is CCCCc1ccc(NCc2nc(-c3ccc(C)cc3)no2)cc1. The van der Waals surface area contributed by atoms with Gasteiger partial charge in [0.25, 0.3) is 0 Å². The van der Waals surface area contributed by atoms with Crippen molar-refractivity contribution in [3.05, 3.63) is 65.5 Å². The summed E-state index contributed by atoms with van der Waals surface area (Å²) in [6.07, 6.45) is 3.59. The van der Waals surface area contributed by atoms with Gasteiger partial charge in [0.1, 0.15) is 0 Å². The molecule has 3 aromatic rings. The highest BCUT2D eigenvalue weighted by atomic mass is 16.5. The van der Waals surface area contributed by atoms with Crippen molar-refractivity contribution in [2.45, 2.75) is 39.7 Å². The van der Waals surface area contributed by atoms with Gasteiger partial charge in [0.2, 0.25) is 11.7 Å². The Kier molecular flexibility index (Phi) is 5.26. The van der Waals surface area contributed by atoms with E-state index in [1.54, 1.807) is 0 Å². The van der Waals surface area contributed by atoms with Crippen LogP contribution in [0.2, 0.25) is 0 Å². The van der Waals surface area contributed by atoms with Crippen LogP contribution in [0.5, 0.6) is 0 Å². The van der Waals surface area contributed by atoms with E-state index in [9.17, 15) is 0 Å². The number of aryl methyl sites for hydroxylation is 2. The average molecular weight is 321 g/mol. The minimum Gasteiger partial charge on any atom is -0.376 e. The van der Waals surface area contributed by atoms with Gasteiger partial charge in [-0.2, -0.15) is 4.98 Å². The molecule has 3 rings (SSSR count). The first-order valence-corrected chi connectivity index (χ1v) is 8.47. The number of hydrogen-bond donors (Lipinski definition) is 1. The number of hydrogen-bond acceptors (Lipinski definition) is 4. The summed E-state index contributed by atoms with van der Waals surface area (Å²) in [5.74, 6) is 1.21. The average Bonchev–Trinajstić information content (AvgIpc) is 3.09. The molecule has 0 saturated carbocycles. The van der Waals surface area contributed by atoms with Crippen LogP contribution in [-0.2, 0) is 13.0 Å². The number of nitrogens with zero attached hydrogens (tertiary/aromatic N) is 2. The van der Waals surface area contributed by atoms with Gasteiger partial charge >= 0.3 is 0 Å². The third kappa shape index (κ3) is 4.22. The second kappa shape index (κ2) is 7.77. The fourth-order valence-corrected chi connectivity index (χ4v) is 2.49. The first-order valence-electron chi connectivity index (χ1n) is 8.47. The molecule has 4 heteroatoms.